The first-order valence-corrected chi connectivity index (χ1v) is 7.69. The zero-order valence-electron chi connectivity index (χ0n) is 10.9. The Morgan fingerprint density at radius 3 is 3.12 bits per heavy atom. The number of rotatable bonds is 6. The molecule has 2 atom stereocenters. The van der Waals surface area contributed by atoms with Crippen molar-refractivity contribution in [3.63, 3.8) is 0 Å². The fourth-order valence-corrected chi connectivity index (χ4v) is 3.81. The third kappa shape index (κ3) is 3.49. The van der Waals surface area contributed by atoms with E-state index in [2.05, 4.69) is 46.7 Å². The van der Waals surface area contributed by atoms with Crippen LogP contribution in [0.3, 0.4) is 0 Å². The lowest BCUT2D eigenvalue weighted by atomic mass is 10.2. The molecular weight excluding hydrogens is 230 g/mol. The molecule has 1 aliphatic carbocycles. The molecule has 2 rings (SSSR count). The van der Waals surface area contributed by atoms with Crippen LogP contribution in [-0.4, -0.2) is 33.1 Å². The number of hydrogen-bond acceptors (Lipinski definition) is 3. The summed E-state index contributed by atoms with van der Waals surface area (Å²) >= 11 is 2.12. The van der Waals surface area contributed by atoms with E-state index in [1.807, 2.05) is 6.20 Å². The molecule has 1 fully saturated rings. The summed E-state index contributed by atoms with van der Waals surface area (Å²) in [7, 11) is 0. The van der Waals surface area contributed by atoms with Gasteiger partial charge in [0.15, 0.2) is 0 Å². The summed E-state index contributed by atoms with van der Waals surface area (Å²) in [5, 5.41) is 4.55. The van der Waals surface area contributed by atoms with E-state index in [0.717, 1.165) is 30.2 Å². The molecule has 1 aromatic heterocycles. The van der Waals surface area contributed by atoms with Crippen LogP contribution in [0.2, 0.25) is 0 Å². The van der Waals surface area contributed by atoms with Crippen molar-refractivity contribution in [1.82, 2.24) is 14.9 Å². The van der Waals surface area contributed by atoms with Crippen molar-refractivity contribution in [3.8, 4) is 0 Å². The topological polar surface area (TPSA) is 29.9 Å². The highest BCUT2D eigenvalue weighted by molar-refractivity contribution is 7.99. The van der Waals surface area contributed by atoms with Crippen LogP contribution in [0, 0.1) is 6.92 Å². The van der Waals surface area contributed by atoms with Gasteiger partial charge < -0.3 is 9.88 Å². The van der Waals surface area contributed by atoms with Gasteiger partial charge in [-0.3, -0.25) is 0 Å². The van der Waals surface area contributed by atoms with Gasteiger partial charge in [-0.15, -0.1) is 0 Å². The van der Waals surface area contributed by atoms with Gasteiger partial charge in [0.1, 0.15) is 5.82 Å². The van der Waals surface area contributed by atoms with Gasteiger partial charge in [-0.25, -0.2) is 4.98 Å². The molecule has 17 heavy (non-hydrogen) atoms. The Hall–Kier alpha value is -0.480. The standard InChI is InChI=1S/C13H23N3S/c1-3-17-13-6-4-5-12(13)15-8-10-16-9-7-14-11(16)2/h7,9,12-13,15H,3-6,8,10H2,1-2H3. The Balaban J connectivity index is 1.73. The smallest absolute Gasteiger partial charge is 0.105 e. The van der Waals surface area contributed by atoms with Crippen LogP contribution >= 0.6 is 11.8 Å². The van der Waals surface area contributed by atoms with E-state index in [-0.39, 0.29) is 0 Å². The molecule has 3 nitrogen and oxygen atoms in total. The van der Waals surface area contributed by atoms with Gasteiger partial charge in [-0.2, -0.15) is 11.8 Å². The molecule has 0 amide bonds. The molecule has 0 aliphatic heterocycles. The number of aromatic nitrogens is 2. The molecule has 0 saturated heterocycles. The molecule has 4 heteroatoms. The molecule has 0 radical (unpaired) electrons. The minimum atomic E-state index is 0.726. The molecule has 0 aromatic carbocycles. The molecule has 0 bridgehead atoms. The molecule has 1 heterocycles. The fraction of sp³-hybridized carbons (Fsp3) is 0.769. The van der Waals surface area contributed by atoms with Crippen molar-refractivity contribution in [1.29, 1.82) is 0 Å². The van der Waals surface area contributed by atoms with Crippen LogP contribution in [0.25, 0.3) is 0 Å². The summed E-state index contributed by atoms with van der Waals surface area (Å²) < 4.78 is 2.21. The fourth-order valence-electron chi connectivity index (χ4n) is 2.58. The van der Waals surface area contributed by atoms with E-state index in [1.54, 1.807) is 0 Å². The molecule has 0 spiro atoms. The van der Waals surface area contributed by atoms with E-state index in [0.29, 0.717) is 0 Å². The predicted octanol–water partition coefficient (Wildman–Crippen LogP) is 2.46. The van der Waals surface area contributed by atoms with Crippen LogP contribution in [0.1, 0.15) is 32.0 Å². The number of nitrogens with zero attached hydrogens (tertiary/aromatic N) is 2. The van der Waals surface area contributed by atoms with E-state index in [9.17, 15) is 0 Å². The van der Waals surface area contributed by atoms with Crippen LogP contribution in [0.5, 0.6) is 0 Å². The Bertz CT molecular complexity index is 337. The minimum Gasteiger partial charge on any atom is -0.334 e. The maximum absolute atomic E-state index is 4.24. The number of aryl methyl sites for hydroxylation is 1. The first-order chi connectivity index (χ1) is 8.31. The van der Waals surface area contributed by atoms with E-state index in [1.165, 1.54) is 25.0 Å². The molecule has 1 aromatic rings. The maximum Gasteiger partial charge on any atom is 0.105 e. The normalized spacial score (nSPS) is 24.4. The number of hydrogen-bond donors (Lipinski definition) is 1. The van der Waals surface area contributed by atoms with E-state index >= 15 is 0 Å². The van der Waals surface area contributed by atoms with Crippen LogP contribution < -0.4 is 5.32 Å². The SMILES string of the molecule is CCSC1CCCC1NCCn1ccnc1C. The zero-order chi connectivity index (χ0) is 12.1. The lowest BCUT2D eigenvalue weighted by molar-refractivity contribution is 0.499. The van der Waals surface area contributed by atoms with Gasteiger partial charge in [0.2, 0.25) is 0 Å². The van der Waals surface area contributed by atoms with Gasteiger partial charge >= 0.3 is 0 Å². The maximum atomic E-state index is 4.24. The zero-order valence-corrected chi connectivity index (χ0v) is 11.7. The predicted molar refractivity (Wildman–Crippen MR) is 74.5 cm³/mol. The van der Waals surface area contributed by atoms with Crippen molar-refractivity contribution >= 4 is 11.8 Å². The second-order valence-corrected chi connectivity index (χ2v) is 6.17. The van der Waals surface area contributed by atoms with Gasteiger partial charge in [0.25, 0.3) is 0 Å². The van der Waals surface area contributed by atoms with Crippen molar-refractivity contribution in [2.45, 2.75) is 50.9 Å². The summed E-state index contributed by atoms with van der Waals surface area (Å²) in [6.07, 6.45) is 8.06. The average Bonchev–Trinajstić information content (AvgIpc) is 2.90. The lowest BCUT2D eigenvalue weighted by Crippen LogP contribution is -2.36. The number of nitrogens with one attached hydrogen (secondary N) is 1. The first kappa shape index (κ1) is 13.0. The van der Waals surface area contributed by atoms with Crippen molar-refractivity contribution in [2.24, 2.45) is 0 Å². The molecule has 1 saturated carbocycles. The van der Waals surface area contributed by atoms with E-state index in [4.69, 9.17) is 0 Å². The Kier molecular flexibility index (Phi) is 4.92. The van der Waals surface area contributed by atoms with Gasteiger partial charge in [0, 0.05) is 36.8 Å². The minimum absolute atomic E-state index is 0.726. The largest absolute Gasteiger partial charge is 0.334 e. The molecule has 1 N–H and O–H groups in total. The Labute approximate surface area is 108 Å². The van der Waals surface area contributed by atoms with Crippen molar-refractivity contribution in [3.05, 3.63) is 18.2 Å². The first-order valence-electron chi connectivity index (χ1n) is 6.64. The molecule has 2 unspecified atom stereocenters. The summed E-state index contributed by atoms with van der Waals surface area (Å²) in [5.74, 6) is 2.35. The summed E-state index contributed by atoms with van der Waals surface area (Å²) in [6, 6.07) is 0.726. The summed E-state index contributed by atoms with van der Waals surface area (Å²) in [4.78, 5) is 4.24. The molecular formula is C13H23N3S. The lowest BCUT2D eigenvalue weighted by Gasteiger charge is -2.20. The van der Waals surface area contributed by atoms with Crippen molar-refractivity contribution < 1.29 is 0 Å². The number of thioether (sulfide) groups is 1. The van der Waals surface area contributed by atoms with Crippen LogP contribution in [0.15, 0.2) is 12.4 Å². The Morgan fingerprint density at radius 2 is 2.41 bits per heavy atom. The highest BCUT2D eigenvalue weighted by atomic mass is 32.2. The highest BCUT2D eigenvalue weighted by Crippen LogP contribution is 2.29. The van der Waals surface area contributed by atoms with Crippen LogP contribution in [-0.2, 0) is 6.54 Å². The third-order valence-corrected chi connectivity index (χ3v) is 4.84. The van der Waals surface area contributed by atoms with Crippen LogP contribution in [0.4, 0.5) is 0 Å². The second-order valence-electron chi connectivity index (χ2n) is 4.65. The van der Waals surface area contributed by atoms with Gasteiger partial charge in [0.05, 0.1) is 0 Å². The van der Waals surface area contributed by atoms with Gasteiger partial charge in [-0.1, -0.05) is 13.3 Å². The van der Waals surface area contributed by atoms with Gasteiger partial charge in [-0.05, 0) is 25.5 Å². The molecule has 1 aliphatic rings. The Morgan fingerprint density at radius 1 is 1.53 bits per heavy atom. The van der Waals surface area contributed by atoms with E-state index < -0.39 is 0 Å². The average molecular weight is 253 g/mol. The quantitative estimate of drug-likeness (QED) is 0.844. The van der Waals surface area contributed by atoms with Crippen molar-refractivity contribution in [2.75, 3.05) is 12.3 Å². The third-order valence-electron chi connectivity index (χ3n) is 3.52. The highest BCUT2D eigenvalue weighted by Gasteiger charge is 2.26. The summed E-state index contributed by atoms with van der Waals surface area (Å²) in [5.41, 5.74) is 0. The monoisotopic (exact) mass is 253 g/mol. The number of imidazole rings is 1. The summed E-state index contributed by atoms with van der Waals surface area (Å²) in [6.45, 7) is 6.41. The second kappa shape index (κ2) is 6.45. The molecule has 96 valence electrons.